The molecule has 0 aliphatic heterocycles. The number of carbonyl (C=O) groups is 4. The first-order valence-corrected chi connectivity index (χ1v) is 47.2. The van der Waals surface area contributed by atoms with Crippen LogP contribution in [-0.2, 0) is 19.2 Å². The normalized spacial score (nSPS) is 22.6. The van der Waals surface area contributed by atoms with E-state index in [9.17, 15) is 34.5 Å². The Morgan fingerprint density at radius 1 is 0.340 bits per heavy atom. The summed E-state index contributed by atoms with van der Waals surface area (Å²) in [5, 5.41) is 42.4. The molecule has 6 bridgehead atoms. The number of hydrogen-bond acceptors (Lipinski definition) is 18. The molecule has 9 aromatic rings. The van der Waals surface area contributed by atoms with Crippen molar-refractivity contribution in [2.75, 3.05) is 0 Å². The third-order valence-electron chi connectivity index (χ3n) is 18.6. The fraction of sp³-hybridized carbons (Fsp3) is 0.222. The molecule has 486 valence electrons. The van der Waals surface area contributed by atoms with Gasteiger partial charge in [0.2, 0.25) is 0 Å². The Bertz CT molecular complexity index is 3660. The van der Waals surface area contributed by atoms with Crippen molar-refractivity contribution in [3.8, 4) is 0 Å². The fourth-order valence-electron chi connectivity index (χ4n) is 14.5. The van der Waals surface area contributed by atoms with Gasteiger partial charge >= 0.3 is 23.9 Å². The average Bonchev–Trinajstić information content (AvgIpc) is 0.722. The molecule has 0 fully saturated rings. The number of thiol groups is 2. The highest BCUT2D eigenvalue weighted by atomic mass is 34.0. The third-order valence-corrected chi connectivity index (χ3v) is 43.5. The minimum atomic E-state index is -0.935. The molecule has 0 aromatic heterocycles. The lowest BCUT2D eigenvalue weighted by Crippen LogP contribution is -2.44. The van der Waals surface area contributed by atoms with Crippen LogP contribution in [0.15, 0.2) is 218 Å². The first-order valence-electron chi connectivity index (χ1n) is 29.7. The van der Waals surface area contributed by atoms with Crippen LogP contribution in [0.1, 0.15) is 149 Å². The lowest BCUT2D eigenvalue weighted by atomic mass is 9.53. The maximum atomic E-state index is 11.9. The van der Waals surface area contributed by atoms with Crippen molar-refractivity contribution < 1.29 is 39.6 Å². The van der Waals surface area contributed by atoms with Crippen molar-refractivity contribution >= 4 is 187 Å². The molecule has 4 N–H and O–H groups in total. The van der Waals surface area contributed by atoms with Crippen LogP contribution in [0.4, 0.5) is 0 Å². The number of rotatable bonds is 15. The van der Waals surface area contributed by atoms with Crippen molar-refractivity contribution in [2.24, 2.45) is 16.2 Å². The summed E-state index contributed by atoms with van der Waals surface area (Å²) in [4.78, 5) is 45.3. The lowest BCUT2D eigenvalue weighted by Gasteiger charge is -2.49. The Hall–Kier alpha value is -3.98. The summed E-state index contributed by atoms with van der Waals surface area (Å²) in [6.07, 6.45) is 2.09. The standard InChI is InChI=1S/3C18H16O2.C14H10.C4H6O2.H2S14/c3*1-18(17(19)20)10-15-11-6-2-4-8-13(11)16(18)14-9-5-3-7-12(14)15;1-2-6-12-10-14-8-4-3-7-13(14)9-11(12)5-1;1-3(2)4(5)6;1-3-5-7-9-11-13-14-12-10-8-6-4-2/h3*2-9,15-16H,10H2,1H3,(H,19,20);1-10H;1H2,2H3,(H,5,6);1-2H. The van der Waals surface area contributed by atoms with Crippen LogP contribution in [0.25, 0.3) is 21.5 Å². The van der Waals surface area contributed by atoms with Gasteiger partial charge in [-0.2, -0.15) is 0 Å². The molecule has 0 spiro atoms. The SMILES string of the molecule is C=C(C)C(=O)O.CC1(C(=O)O)CC2c3ccccc3C1c1ccccc12.CC1(C(=O)O)CC2c3ccccc3C1c1ccccc12.CC1(C(=O)O)CC2c3ccccc3C1c1ccccc12.SSSSSSSSSSSSSS.c1ccc2cc3ccccc3cc2c1. The van der Waals surface area contributed by atoms with Crippen molar-refractivity contribution in [1.82, 2.24) is 0 Å². The lowest BCUT2D eigenvalue weighted by molar-refractivity contribution is -0.151. The highest BCUT2D eigenvalue weighted by Gasteiger charge is 2.56. The van der Waals surface area contributed by atoms with Gasteiger partial charge in [0.25, 0.3) is 0 Å². The van der Waals surface area contributed by atoms with Gasteiger partial charge in [-0.1, -0.05) is 224 Å². The Morgan fingerprint density at radius 3 is 0.681 bits per heavy atom. The van der Waals surface area contributed by atoms with Gasteiger partial charge in [0.15, 0.2) is 0 Å². The van der Waals surface area contributed by atoms with Gasteiger partial charge in [0, 0.05) is 41.1 Å². The minimum Gasteiger partial charge on any atom is -0.481 e. The van der Waals surface area contributed by atoms with Crippen LogP contribution in [0.2, 0.25) is 0 Å². The Balaban J connectivity index is 0.000000127. The topological polar surface area (TPSA) is 149 Å². The average molecular weight is 1510 g/mol. The van der Waals surface area contributed by atoms with Gasteiger partial charge < -0.3 is 20.4 Å². The molecule has 0 heterocycles. The van der Waals surface area contributed by atoms with Gasteiger partial charge in [-0.3, -0.25) is 14.4 Å². The molecular formula is C72H66O8S14. The van der Waals surface area contributed by atoms with Crippen molar-refractivity contribution in [3.05, 3.63) is 285 Å². The number of carboxylic acids is 4. The highest BCUT2D eigenvalue weighted by molar-refractivity contribution is 9.56. The smallest absolute Gasteiger partial charge is 0.330 e. The van der Waals surface area contributed by atoms with E-state index in [-0.39, 0.29) is 41.1 Å². The monoisotopic (exact) mass is 1510 g/mol. The van der Waals surface area contributed by atoms with Crippen molar-refractivity contribution in [3.63, 3.8) is 0 Å². The quantitative estimate of drug-likeness (QED) is 0.0190. The molecule has 9 aliphatic rings. The summed E-state index contributed by atoms with van der Waals surface area (Å²) in [5.74, 6) is -2.43. The molecule has 22 heteroatoms. The molecule has 18 rings (SSSR count). The van der Waals surface area contributed by atoms with E-state index in [0.717, 1.165) is 0 Å². The zero-order valence-electron chi connectivity index (χ0n) is 51.1. The number of fused-ring (bicyclic) bond motifs is 5. The Morgan fingerprint density at radius 2 is 0.511 bits per heavy atom. The van der Waals surface area contributed by atoms with Gasteiger partial charge in [0.05, 0.1) is 16.2 Å². The molecule has 0 radical (unpaired) electrons. The summed E-state index contributed by atoms with van der Waals surface area (Å²) in [7, 11) is 20.4. The van der Waals surface area contributed by atoms with Gasteiger partial charge in [0.1, 0.15) is 0 Å². The molecule has 9 aromatic carbocycles. The molecular weight excluding hydrogens is 1440 g/mol. The summed E-state index contributed by atoms with van der Waals surface area (Å²) in [5.41, 5.74) is 13.2. The van der Waals surface area contributed by atoms with Crippen LogP contribution < -0.4 is 0 Å². The zero-order chi connectivity index (χ0) is 66.7. The highest BCUT2D eigenvalue weighted by Crippen LogP contribution is 2.65. The number of carboxylic acid groups (broad SMARTS) is 4. The van der Waals surface area contributed by atoms with Gasteiger partial charge in [-0.25, -0.2) is 4.79 Å². The minimum absolute atomic E-state index is 0.0302. The molecule has 0 saturated heterocycles. The summed E-state index contributed by atoms with van der Waals surface area (Å²) in [6, 6.07) is 71.4. The number of hydrogen-bond donors (Lipinski definition) is 6. The van der Waals surface area contributed by atoms with E-state index in [2.05, 4.69) is 200 Å². The predicted molar refractivity (Wildman–Crippen MR) is 424 cm³/mol. The van der Waals surface area contributed by atoms with Crippen molar-refractivity contribution in [2.45, 2.75) is 82.5 Å². The van der Waals surface area contributed by atoms with E-state index < -0.39 is 40.1 Å². The zero-order valence-corrected chi connectivity index (χ0v) is 62.7. The second-order valence-corrected chi connectivity index (χ2v) is 45.5. The van der Waals surface area contributed by atoms with Crippen LogP contribution in [0.5, 0.6) is 0 Å². The molecule has 8 nitrogen and oxygen atoms in total. The Kier molecular flexibility index (Phi) is 25.7. The predicted octanol–water partition coefficient (Wildman–Crippen LogP) is 24.5. The largest absolute Gasteiger partial charge is 0.481 e. The first kappa shape index (κ1) is 72.8. The van der Waals surface area contributed by atoms with E-state index in [0.29, 0.717) is 19.3 Å². The number of benzene rings is 9. The summed E-state index contributed by atoms with van der Waals surface area (Å²) in [6.45, 7) is 10.3. The second-order valence-electron chi connectivity index (χ2n) is 24.0. The maximum Gasteiger partial charge on any atom is 0.330 e. The van der Waals surface area contributed by atoms with Crippen molar-refractivity contribution in [1.29, 1.82) is 0 Å². The van der Waals surface area contributed by atoms with Crippen LogP contribution in [0, 0.1) is 16.2 Å². The Labute approximate surface area is 603 Å². The van der Waals surface area contributed by atoms with Crippen LogP contribution in [-0.4, -0.2) is 44.3 Å². The maximum absolute atomic E-state index is 11.9. The summed E-state index contributed by atoms with van der Waals surface area (Å²) < 4.78 is 0. The molecule has 3 atom stereocenters. The molecule has 94 heavy (non-hydrogen) atoms. The van der Waals surface area contributed by atoms with E-state index in [1.165, 1.54) is 115 Å². The molecule has 3 unspecified atom stereocenters. The molecule has 0 amide bonds. The first-order chi connectivity index (χ1) is 45.4. The van der Waals surface area contributed by atoms with Gasteiger partial charge in [-0.15, -0.1) is 0 Å². The molecule has 9 aliphatic carbocycles. The van der Waals surface area contributed by atoms with E-state index >= 15 is 0 Å². The van der Waals surface area contributed by atoms with E-state index in [1.807, 2.05) is 57.2 Å². The van der Waals surface area contributed by atoms with E-state index in [1.54, 1.807) is 98.3 Å². The van der Waals surface area contributed by atoms with Crippen LogP contribution >= 0.6 is 141 Å². The fourth-order valence-corrected chi connectivity index (χ4v) is 42.5. The third kappa shape index (κ3) is 15.7. The summed E-state index contributed by atoms with van der Waals surface area (Å²) >= 11 is 8.03. The number of aliphatic carboxylic acids is 4. The second kappa shape index (κ2) is 33.3. The van der Waals surface area contributed by atoms with Gasteiger partial charge in [-0.05, 0) is 265 Å². The van der Waals surface area contributed by atoms with Crippen LogP contribution in [0.3, 0.4) is 0 Å². The van der Waals surface area contributed by atoms with E-state index in [4.69, 9.17) is 5.11 Å². The molecule has 0 saturated carbocycles.